The van der Waals surface area contributed by atoms with E-state index in [1.807, 2.05) is 7.05 Å². The Labute approximate surface area is 161 Å². The van der Waals surface area contributed by atoms with Gasteiger partial charge in [0, 0.05) is 42.3 Å². The van der Waals surface area contributed by atoms with Gasteiger partial charge in [-0.05, 0) is 37.7 Å². The van der Waals surface area contributed by atoms with E-state index in [1.165, 1.54) is 6.20 Å². The number of carbonyl (C=O) groups excluding carboxylic acids is 1. The lowest BCUT2D eigenvalue weighted by molar-refractivity contribution is 0.0735. The number of hydrogen-bond acceptors (Lipinski definition) is 4. The molecule has 1 aromatic carbocycles. The van der Waals surface area contributed by atoms with Gasteiger partial charge >= 0.3 is 0 Å². The summed E-state index contributed by atoms with van der Waals surface area (Å²) in [6.07, 6.45) is 2.51. The van der Waals surface area contributed by atoms with Crippen molar-refractivity contribution in [3.05, 3.63) is 61.7 Å². The molecule has 1 fully saturated rings. The van der Waals surface area contributed by atoms with Crippen molar-refractivity contribution in [1.82, 2.24) is 19.8 Å². The molecule has 3 rings (SSSR count). The summed E-state index contributed by atoms with van der Waals surface area (Å²) in [5, 5.41) is 1.01. The number of aromatic amines is 1. The standard InChI is InChI=1S/C18H20Cl2N4O2/c1-23-7-6-11(10-23)24(2)18(26)13-9-21-16(22-17(13)25)8-12-14(19)4-3-5-15(12)20/h3-5,9,11H,6-8,10H2,1-2H3,(H,21,22,25)/t11-/m1/s1. The zero-order chi connectivity index (χ0) is 18.8. The van der Waals surface area contributed by atoms with Gasteiger partial charge < -0.3 is 14.8 Å². The highest BCUT2D eigenvalue weighted by molar-refractivity contribution is 6.36. The molecule has 8 heteroatoms. The van der Waals surface area contributed by atoms with Gasteiger partial charge in [-0.15, -0.1) is 0 Å². The minimum atomic E-state index is -0.457. The van der Waals surface area contributed by atoms with Crippen molar-refractivity contribution in [3.8, 4) is 0 Å². The van der Waals surface area contributed by atoms with Gasteiger partial charge in [0.25, 0.3) is 11.5 Å². The van der Waals surface area contributed by atoms with E-state index in [0.29, 0.717) is 21.4 Å². The molecule has 0 bridgehead atoms. The third kappa shape index (κ3) is 3.92. The van der Waals surface area contributed by atoms with Crippen LogP contribution in [0.3, 0.4) is 0 Å². The van der Waals surface area contributed by atoms with E-state index < -0.39 is 5.56 Å². The van der Waals surface area contributed by atoms with Gasteiger partial charge in [0.15, 0.2) is 0 Å². The fourth-order valence-electron chi connectivity index (χ4n) is 3.13. The van der Waals surface area contributed by atoms with Crippen molar-refractivity contribution in [2.45, 2.75) is 18.9 Å². The highest BCUT2D eigenvalue weighted by Gasteiger charge is 2.28. The number of likely N-dealkylation sites (tertiary alicyclic amines) is 1. The Morgan fingerprint density at radius 2 is 2.08 bits per heavy atom. The minimum Gasteiger partial charge on any atom is -0.337 e. The molecular weight excluding hydrogens is 375 g/mol. The van der Waals surface area contributed by atoms with Crippen LogP contribution in [0.4, 0.5) is 0 Å². The molecule has 26 heavy (non-hydrogen) atoms. The monoisotopic (exact) mass is 394 g/mol. The predicted octanol–water partition coefficient (Wildman–Crippen LogP) is 2.44. The number of hydrogen-bond donors (Lipinski definition) is 1. The lowest BCUT2D eigenvalue weighted by atomic mass is 10.1. The third-order valence-electron chi connectivity index (χ3n) is 4.72. The number of H-pyrrole nitrogens is 1. The summed E-state index contributed by atoms with van der Waals surface area (Å²) in [5.74, 6) is 0.0891. The molecular formula is C18H20Cl2N4O2. The number of carbonyl (C=O) groups is 1. The fraction of sp³-hybridized carbons (Fsp3) is 0.389. The van der Waals surface area contributed by atoms with Gasteiger partial charge in [0.2, 0.25) is 0 Å². The van der Waals surface area contributed by atoms with E-state index in [-0.39, 0.29) is 23.9 Å². The van der Waals surface area contributed by atoms with Crippen LogP contribution in [0.5, 0.6) is 0 Å². The number of nitrogens with zero attached hydrogens (tertiary/aromatic N) is 3. The molecule has 1 atom stereocenters. The van der Waals surface area contributed by atoms with E-state index in [0.717, 1.165) is 19.5 Å². The molecule has 1 amide bonds. The number of halogens is 2. The first-order chi connectivity index (χ1) is 12.4. The average Bonchev–Trinajstić information content (AvgIpc) is 3.03. The molecule has 1 aliphatic rings. The summed E-state index contributed by atoms with van der Waals surface area (Å²) in [7, 11) is 3.74. The van der Waals surface area contributed by atoms with Crippen LogP contribution < -0.4 is 5.56 Å². The van der Waals surface area contributed by atoms with Crippen LogP contribution in [-0.2, 0) is 6.42 Å². The summed E-state index contributed by atoms with van der Waals surface area (Å²) in [6.45, 7) is 1.74. The maximum atomic E-state index is 12.6. The lowest BCUT2D eigenvalue weighted by Gasteiger charge is -2.24. The number of nitrogens with one attached hydrogen (secondary N) is 1. The SMILES string of the molecule is CN1CC[C@@H](N(C)C(=O)c2cnc(Cc3c(Cl)cccc3Cl)[nH]c2=O)C1. The molecule has 6 nitrogen and oxygen atoms in total. The fourth-order valence-corrected chi connectivity index (χ4v) is 3.66. The highest BCUT2D eigenvalue weighted by atomic mass is 35.5. The number of amides is 1. The second kappa shape index (κ2) is 7.78. The van der Waals surface area contributed by atoms with E-state index in [9.17, 15) is 9.59 Å². The van der Waals surface area contributed by atoms with Crippen LogP contribution in [-0.4, -0.2) is 58.9 Å². The Morgan fingerprint density at radius 3 is 2.65 bits per heavy atom. The Hall–Kier alpha value is -1.89. The van der Waals surface area contributed by atoms with E-state index in [4.69, 9.17) is 23.2 Å². The topological polar surface area (TPSA) is 69.3 Å². The zero-order valence-electron chi connectivity index (χ0n) is 14.6. The Balaban J connectivity index is 1.79. The van der Waals surface area contributed by atoms with E-state index in [1.54, 1.807) is 30.1 Å². The maximum Gasteiger partial charge on any atom is 0.263 e. The first kappa shape index (κ1) is 18.9. The van der Waals surface area contributed by atoms with Gasteiger partial charge in [0.05, 0.1) is 0 Å². The van der Waals surface area contributed by atoms with Crippen molar-refractivity contribution in [3.63, 3.8) is 0 Å². The molecule has 0 saturated carbocycles. The van der Waals surface area contributed by atoms with Crippen molar-refractivity contribution < 1.29 is 4.79 Å². The Morgan fingerprint density at radius 1 is 1.38 bits per heavy atom. The van der Waals surface area contributed by atoms with E-state index >= 15 is 0 Å². The number of aromatic nitrogens is 2. The molecule has 0 radical (unpaired) electrons. The molecule has 0 aliphatic carbocycles. The van der Waals surface area contributed by atoms with Crippen LogP contribution in [0.25, 0.3) is 0 Å². The second-order valence-electron chi connectivity index (χ2n) is 6.57. The summed E-state index contributed by atoms with van der Waals surface area (Å²) in [6, 6.07) is 5.31. The first-order valence-corrected chi connectivity index (χ1v) is 9.09. The molecule has 2 aromatic rings. The van der Waals surface area contributed by atoms with Gasteiger partial charge in [-0.25, -0.2) is 4.98 Å². The molecule has 138 valence electrons. The smallest absolute Gasteiger partial charge is 0.263 e. The summed E-state index contributed by atoms with van der Waals surface area (Å²) < 4.78 is 0. The largest absolute Gasteiger partial charge is 0.337 e. The lowest BCUT2D eigenvalue weighted by Crippen LogP contribution is -2.41. The summed E-state index contributed by atoms with van der Waals surface area (Å²) >= 11 is 12.3. The number of rotatable bonds is 4. The molecule has 0 spiro atoms. The van der Waals surface area contributed by atoms with Crippen LogP contribution in [0, 0.1) is 0 Å². The van der Waals surface area contributed by atoms with Gasteiger partial charge in [-0.2, -0.15) is 0 Å². The molecule has 1 aromatic heterocycles. The summed E-state index contributed by atoms with van der Waals surface area (Å²) in [4.78, 5) is 35.7. The first-order valence-electron chi connectivity index (χ1n) is 8.33. The molecule has 0 unspecified atom stereocenters. The van der Waals surface area contributed by atoms with Crippen molar-refractivity contribution in [1.29, 1.82) is 0 Å². The average molecular weight is 395 g/mol. The quantitative estimate of drug-likeness (QED) is 0.864. The van der Waals surface area contributed by atoms with Crippen LogP contribution in [0.15, 0.2) is 29.2 Å². The predicted molar refractivity (Wildman–Crippen MR) is 102 cm³/mol. The van der Waals surface area contributed by atoms with Crippen molar-refractivity contribution in [2.75, 3.05) is 27.2 Å². The van der Waals surface area contributed by atoms with Crippen molar-refractivity contribution in [2.24, 2.45) is 0 Å². The number of likely N-dealkylation sites (N-methyl/N-ethyl adjacent to an activating group) is 2. The summed E-state index contributed by atoms with van der Waals surface area (Å²) in [5.41, 5.74) is 0.265. The van der Waals surface area contributed by atoms with Gasteiger partial charge in [-0.1, -0.05) is 29.3 Å². The van der Waals surface area contributed by atoms with Gasteiger partial charge in [-0.3, -0.25) is 9.59 Å². The van der Waals surface area contributed by atoms with Crippen LogP contribution in [0.1, 0.15) is 28.2 Å². The molecule has 2 heterocycles. The Kier molecular flexibility index (Phi) is 5.65. The van der Waals surface area contributed by atoms with Crippen molar-refractivity contribution >= 4 is 29.1 Å². The third-order valence-corrected chi connectivity index (χ3v) is 5.43. The zero-order valence-corrected chi connectivity index (χ0v) is 16.1. The molecule has 1 aliphatic heterocycles. The second-order valence-corrected chi connectivity index (χ2v) is 7.38. The van der Waals surface area contributed by atoms with Gasteiger partial charge in [0.1, 0.15) is 11.4 Å². The minimum absolute atomic E-state index is 0.0380. The van der Waals surface area contributed by atoms with Crippen LogP contribution in [0.2, 0.25) is 10.0 Å². The highest BCUT2D eigenvalue weighted by Crippen LogP contribution is 2.25. The van der Waals surface area contributed by atoms with Crippen LogP contribution >= 0.6 is 23.2 Å². The van der Waals surface area contributed by atoms with E-state index in [2.05, 4.69) is 14.9 Å². The normalized spacial score (nSPS) is 17.5. The number of benzene rings is 1. The Bertz CT molecular complexity index is 863. The maximum absolute atomic E-state index is 12.6. The molecule has 1 saturated heterocycles. The molecule has 1 N–H and O–H groups in total.